The van der Waals surface area contributed by atoms with E-state index in [-0.39, 0.29) is 17.9 Å². The molecule has 1 aliphatic rings. The van der Waals surface area contributed by atoms with Gasteiger partial charge in [-0.2, -0.15) is 0 Å². The van der Waals surface area contributed by atoms with E-state index in [1.165, 1.54) is 0 Å². The zero-order valence-corrected chi connectivity index (χ0v) is 13.1. The highest BCUT2D eigenvalue weighted by molar-refractivity contribution is 5.90. The summed E-state index contributed by atoms with van der Waals surface area (Å²) in [4.78, 5) is 14.2. The molecule has 1 aromatic rings. The Labute approximate surface area is 126 Å². The van der Waals surface area contributed by atoms with Crippen molar-refractivity contribution in [2.75, 3.05) is 25.0 Å². The molecule has 0 aromatic carbocycles. The van der Waals surface area contributed by atoms with Crippen molar-refractivity contribution in [1.29, 1.82) is 0 Å². The first-order chi connectivity index (χ1) is 9.95. The third-order valence-corrected chi connectivity index (χ3v) is 4.13. The number of likely N-dealkylation sites (tertiary alicyclic amines) is 1. The standard InChI is InChI=1S/C15H26N4O2/c1-10(2)13-8-15(21-18-13)17-14(20)9-19-6-4-12(5-7-19)11(3)16/h8,10-12H,4-7,9,16H2,1-3H3,(H,17,20). The van der Waals surface area contributed by atoms with Gasteiger partial charge in [0, 0.05) is 12.1 Å². The van der Waals surface area contributed by atoms with Crippen LogP contribution in [0.15, 0.2) is 10.6 Å². The Morgan fingerprint density at radius 1 is 1.48 bits per heavy atom. The molecule has 6 heteroatoms. The van der Waals surface area contributed by atoms with Crippen molar-refractivity contribution >= 4 is 11.8 Å². The summed E-state index contributed by atoms with van der Waals surface area (Å²) in [5, 5.41) is 6.69. The van der Waals surface area contributed by atoms with Crippen molar-refractivity contribution in [1.82, 2.24) is 10.1 Å². The molecule has 2 heterocycles. The second kappa shape index (κ2) is 7.04. The summed E-state index contributed by atoms with van der Waals surface area (Å²) < 4.78 is 5.12. The maximum Gasteiger partial charge on any atom is 0.240 e. The van der Waals surface area contributed by atoms with Gasteiger partial charge in [-0.3, -0.25) is 15.0 Å². The van der Waals surface area contributed by atoms with Crippen molar-refractivity contribution in [2.24, 2.45) is 11.7 Å². The van der Waals surface area contributed by atoms with Crippen LogP contribution in [0.1, 0.15) is 45.2 Å². The van der Waals surface area contributed by atoms with Crippen LogP contribution in [-0.4, -0.2) is 41.6 Å². The van der Waals surface area contributed by atoms with Gasteiger partial charge in [0.2, 0.25) is 11.8 Å². The maximum absolute atomic E-state index is 12.0. The van der Waals surface area contributed by atoms with Crippen molar-refractivity contribution in [3.05, 3.63) is 11.8 Å². The SMILES string of the molecule is CC(C)c1cc(NC(=O)CN2CCC(C(C)N)CC2)on1. The number of nitrogens with zero attached hydrogens (tertiary/aromatic N) is 2. The van der Waals surface area contributed by atoms with Gasteiger partial charge in [0.05, 0.1) is 12.2 Å². The van der Waals surface area contributed by atoms with E-state index in [2.05, 4.69) is 22.3 Å². The number of amides is 1. The molecule has 0 aliphatic carbocycles. The molecule has 0 spiro atoms. The number of hydrogen-bond acceptors (Lipinski definition) is 5. The lowest BCUT2D eigenvalue weighted by atomic mass is 9.91. The Morgan fingerprint density at radius 3 is 2.67 bits per heavy atom. The Balaban J connectivity index is 1.77. The highest BCUT2D eigenvalue weighted by Crippen LogP contribution is 2.20. The van der Waals surface area contributed by atoms with E-state index < -0.39 is 0 Å². The largest absolute Gasteiger partial charge is 0.338 e. The predicted octanol–water partition coefficient (Wildman–Crippen LogP) is 1.80. The average Bonchev–Trinajstić information content (AvgIpc) is 2.87. The molecule has 1 saturated heterocycles. The molecule has 0 saturated carbocycles. The van der Waals surface area contributed by atoms with Crippen LogP contribution < -0.4 is 11.1 Å². The Bertz CT molecular complexity index is 462. The predicted molar refractivity (Wildman–Crippen MR) is 82.0 cm³/mol. The molecule has 2 rings (SSSR count). The number of rotatable bonds is 5. The molecule has 118 valence electrons. The molecule has 1 amide bonds. The topological polar surface area (TPSA) is 84.4 Å². The summed E-state index contributed by atoms with van der Waals surface area (Å²) in [5.74, 6) is 1.23. The van der Waals surface area contributed by atoms with Crippen LogP contribution in [0, 0.1) is 5.92 Å². The number of nitrogens with one attached hydrogen (secondary N) is 1. The molecular weight excluding hydrogens is 268 g/mol. The highest BCUT2D eigenvalue weighted by atomic mass is 16.5. The van der Waals surface area contributed by atoms with Crippen LogP contribution in [-0.2, 0) is 4.79 Å². The minimum Gasteiger partial charge on any atom is -0.338 e. The lowest BCUT2D eigenvalue weighted by Gasteiger charge is -2.33. The van der Waals surface area contributed by atoms with Gasteiger partial charge in [-0.05, 0) is 44.7 Å². The quantitative estimate of drug-likeness (QED) is 0.865. The molecule has 6 nitrogen and oxygen atoms in total. The normalized spacial score (nSPS) is 18.9. The van der Waals surface area contributed by atoms with Crippen LogP contribution in [0.4, 0.5) is 5.88 Å². The third kappa shape index (κ3) is 4.54. The van der Waals surface area contributed by atoms with Gasteiger partial charge in [-0.25, -0.2) is 0 Å². The van der Waals surface area contributed by atoms with E-state index in [1.807, 2.05) is 13.8 Å². The van der Waals surface area contributed by atoms with Crippen molar-refractivity contribution in [3.8, 4) is 0 Å². The van der Waals surface area contributed by atoms with Gasteiger partial charge >= 0.3 is 0 Å². The third-order valence-electron chi connectivity index (χ3n) is 4.13. The van der Waals surface area contributed by atoms with Crippen LogP contribution in [0.2, 0.25) is 0 Å². The summed E-state index contributed by atoms with van der Waals surface area (Å²) in [6.07, 6.45) is 2.12. The molecule has 1 aromatic heterocycles. The van der Waals surface area contributed by atoms with Crippen LogP contribution in [0.5, 0.6) is 0 Å². The van der Waals surface area contributed by atoms with Crippen molar-refractivity contribution in [2.45, 2.75) is 45.6 Å². The first-order valence-corrected chi connectivity index (χ1v) is 7.70. The first kappa shape index (κ1) is 16.0. The molecular formula is C15H26N4O2. The van der Waals surface area contributed by atoms with E-state index in [0.29, 0.717) is 18.3 Å². The number of piperidine rings is 1. The summed E-state index contributed by atoms with van der Waals surface area (Å²) in [5.41, 5.74) is 6.78. The second-order valence-electron chi connectivity index (χ2n) is 6.29. The number of carbonyl (C=O) groups excluding carboxylic acids is 1. The minimum absolute atomic E-state index is 0.0549. The fourth-order valence-electron chi connectivity index (χ4n) is 2.64. The number of nitrogens with two attached hydrogens (primary N) is 1. The Morgan fingerprint density at radius 2 is 2.14 bits per heavy atom. The van der Waals surface area contributed by atoms with Gasteiger partial charge in [0.15, 0.2) is 0 Å². The molecule has 1 unspecified atom stereocenters. The number of anilines is 1. The van der Waals surface area contributed by atoms with Gasteiger partial charge in [-0.1, -0.05) is 19.0 Å². The monoisotopic (exact) mass is 294 g/mol. The number of carbonyl (C=O) groups is 1. The van der Waals surface area contributed by atoms with Crippen LogP contribution in [0.25, 0.3) is 0 Å². The van der Waals surface area contributed by atoms with Crippen LogP contribution in [0.3, 0.4) is 0 Å². The second-order valence-corrected chi connectivity index (χ2v) is 6.29. The molecule has 1 fully saturated rings. The van der Waals surface area contributed by atoms with E-state index in [9.17, 15) is 4.79 Å². The van der Waals surface area contributed by atoms with E-state index in [1.54, 1.807) is 6.07 Å². The van der Waals surface area contributed by atoms with Crippen molar-refractivity contribution in [3.63, 3.8) is 0 Å². The molecule has 21 heavy (non-hydrogen) atoms. The van der Waals surface area contributed by atoms with E-state index in [4.69, 9.17) is 10.3 Å². The maximum atomic E-state index is 12.0. The molecule has 1 aliphatic heterocycles. The zero-order valence-electron chi connectivity index (χ0n) is 13.1. The smallest absolute Gasteiger partial charge is 0.240 e. The van der Waals surface area contributed by atoms with Crippen molar-refractivity contribution < 1.29 is 9.32 Å². The number of hydrogen-bond donors (Lipinski definition) is 2. The Hall–Kier alpha value is -1.40. The van der Waals surface area contributed by atoms with Gasteiger partial charge in [0.25, 0.3) is 0 Å². The molecule has 0 bridgehead atoms. The molecule has 3 N–H and O–H groups in total. The average molecular weight is 294 g/mol. The first-order valence-electron chi connectivity index (χ1n) is 7.70. The van der Waals surface area contributed by atoms with Crippen LogP contribution >= 0.6 is 0 Å². The lowest BCUT2D eigenvalue weighted by Crippen LogP contribution is -2.42. The number of aromatic nitrogens is 1. The summed E-state index contributed by atoms with van der Waals surface area (Å²) in [7, 11) is 0. The Kier molecular flexibility index (Phi) is 5.36. The van der Waals surface area contributed by atoms with Gasteiger partial charge < -0.3 is 10.3 Å². The van der Waals surface area contributed by atoms with Gasteiger partial charge in [-0.15, -0.1) is 0 Å². The summed E-state index contributed by atoms with van der Waals surface area (Å²) in [6, 6.07) is 2.02. The molecule has 1 atom stereocenters. The molecule has 0 radical (unpaired) electrons. The highest BCUT2D eigenvalue weighted by Gasteiger charge is 2.23. The lowest BCUT2D eigenvalue weighted by molar-refractivity contribution is -0.117. The zero-order chi connectivity index (χ0) is 15.4. The minimum atomic E-state index is -0.0549. The van der Waals surface area contributed by atoms with E-state index in [0.717, 1.165) is 31.6 Å². The summed E-state index contributed by atoms with van der Waals surface area (Å²) in [6.45, 7) is 8.37. The van der Waals surface area contributed by atoms with E-state index >= 15 is 0 Å². The fraction of sp³-hybridized carbons (Fsp3) is 0.733. The fourth-order valence-corrected chi connectivity index (χ4v) is 2.64. The summed E-state index contributed by atoms with van der Waals surface area (Å²) >= 11 is 0. The van der Waals surface area contributed by atoms with Gasteiger partial charge in [0.1, 0.15) is 0 Å².